The molecule has 76 valence electrons. The lowest BCUT2D eigenvalue weighted by Gasteiger charge is -2.24. The first kappa shape index (κ1) is 11.0. The number of carbonyl (C=O) groups excluding carboxylic acids is 1. The molecule has 1 aliphatic carbocycles. The molecule has 1 amide bonds. The Bertz CT molecular complexity index is 168. The lowest BCUT2D eigenvalue weighted by molar-refractivity contribution is -0.127. The third kappa shape index (κ3) is 3.67. The molecule has 3 heteroatoms. The molecule has 0 aromatic heterocycles. The molecular weight excluding hydrogens is 230 g/mol. The Morgan fingerprint density at radius 2 is 2.31 bits per heavy atom. The molecule has 1 N–H and O–H groups in total. The average Bonchev–Trinajstić information content (AvgIpc) is 2.01. The minimum atomic E-state index is 0.266. The smallest absolute Gasteiger partial charge is 0.223 e. The molecule has 1 atom stereocenters. The average molecular weight is 248 g/mol. The number of amides is 1. The molecule has 1 unspecified atom stereocenters. The van der Waals surface area contributed by atoms with Crippen molar-refractivity contribution >= 4 is 21.8 Å². The normalized spacial score (nSPS) is 19.2. The van der Waals surface area contributed by atoms with Gasteiger partial charge in [-0.1, -0.05) is 29.3 Å². The van der Waals surface area contributed by atoms with Crippen LogP contribution in [0.2, 0.25) is 0 Å². The number of alkyl halides is 1. The highest BCUT2D eigenvalue weighted by Gasteiger charge is 2.24. The Morgan fingerprint density at radius 1 is 1.62 bits per heavy atom. The van der Waals surface area contributed by atoms with Gasteiger partial charge in [-0.3, -0.25) is 4.79 Å². The molecule has 13 heavy (non-hydrogen) atoms. The van der Waals surface area contributed by atoms with E-state index in [4.69, 9.17) is 0 Å². The van der Waals surface area contributed by atoms with Gasteiger partial charge in [0.15, 0.2) is 0 Å². The highest BCUT2D eigenvalue weighted by Crippen LogP contribution is 2.26. The van der Waals surface area contributed by atoms with Gasteiger partial charge in [-0.15, -0.1) is 0 Å². The maximum atomic E-state index is 11.4. The molecule has 0 aromatic carbocycles. The molecule has 0 radical (unpaired) electrons. The maximum Gasteiger partial charge on any atom is 0.223 e. The van der Waals surface area contributed by atoms with Gasteiger partial charge in [-0.25, -0.2) is 0 Å². The number of hydrogen-bond donors (Lipinski definition) is 1. The van der Waals surface area contributed by atoms with E-state index in [1.54, 1.807) is 0 Å². The van der Waals surface area contributed by atoms with E-state index in [-0.39, 0.29) is 5.91 Å². The summed E-state index contributed by atoms with van der Waals surface area (Å²) in [5.41, 5.74) is 0. The highest BCUT2D eigenvalue weighted by atomic mass is 79.9. The van der Waals surface area contributed by atoms with Gasteiger partial charge in [0.25, 0.3) is 0 Å². The van der Waals surface area contributed by atoms with E-state index in [1.807, 2.05) is 0 Å². The van der Waals surface area contributed by atoms with Gasteiger partial charge in [0.05, 0.1) is 0 Å². The van der Waals surface area contributed by atoms with Crippen molar-refractivity contribution in [3.63, 3.8) is 0 Å². The second-order valence-corrected chi connectivity index (χ2v) is 5.01. The Kier molecular flexibility index (Phi) is 4.78. The zero-order chi connectivity index (χ0) is 9.68. The fraction of sp³-hybridized carbons (Fsp3) is 0.900. The first-order valence-electron chi connectivity index (χ1n) is 5.15. The topological polar surface area (TPSA) is 29.1 Å². The summed E-state index contributed by atoms with van der Waals surface area (Å²) in [5, 5.41) is 2.98. The summed E-state index contributed by atoms with van der Waals surface area (Å²) in [6, 6.07) is 0. The molecule has 0 aromatic rings. The van der Waals surface area contributed by atoms with Crippen molar-refractivity contribution < 1.29 is 4.79 Å². The molecule has 1 fully saturated rings. The van der Waals surface area contributed by atoms with Gasteiger partial charge in [-0.05, 0) is 25.7 Å². The highest BCUT2D eigenvalue weighted by molar-refractivity contribution is 9.09. The van der Waals surface area contributed by atoms with Crippen molar-refractivity contribution in [2.75, 3.05) is 6.54 Å². The van der Waals surface area contributed by atoms with Crippen molar-refractivity contribution in [3.05, 3.63) is 0 Å². The summed E-state index contributed by atoms with van der Waals surface area (Å²) in [6.07, 6.45) is 5.58. The molecular formula is C10H18BrNO. The standard InChI is InChI=1S/C10H18BrNO/c1-2-9(11)6-7-12-10(13)8-4-3-5-8/h8-9H,2-7H2,1H3,(H,12,13). The molecule has 0 bridgehead atoms. The molecule has 2 nitrogen and oxygen atoms in total. The van der Waals surface area contributed by atoms with Crippen LogP contribution < -0.4 is 5.32 Å². The Hall–Kier alpha value is -0.0500. The summed E-state index contributed by atoms with van der Waals surface area (Å²) in [6.45, 7) is 2.96. The Morgan fingerprint density at radius 3 is 2.77 bits per heavy atom. The summed E-state index contributed by atoms with van der Waals surface area (Å²) < 4.78 is 0. The Balaban J connectivity index is 2.01. The second kappa shape index (κ2) is 5.63. The monoisotopic (exact) mass is 247 g/mol. The van der Waals surface area contributed by atoms with Crippen LogP contribution in [0.3, 0.4) is 0 Å². The molecule has 1 aliphatic rings. The minimum Gasteiger partial charge on any atom is -0.356 e. The SMILES string of the molecule is CCC(Br)CCNC(=O)C1CCC1. The van der Waals surface area contributed by atoms with Gasteiger partial charge in [0.2, 0.25) is 5.91 Å². The van der Waals surface area contributed by atoms with Gasteiger partial charge in [-0.2, -0.15) is 0 Å². The van der Waals surface area contributed by atoms with E-state index in [1.165, 1.54) is 6.42 Å². The van der Waals surface area contributed by atoms with E-state index >= 15 is 0 Å². The third-order valence-electron chi connectivity index (χ3n) is 2.68. The van der Waals surface area contributed by atoms with Crippen LogP contribution in [0.25, 0.3) is 0 Å². The van der Waals surface area contributed by atoms with Crippen LogP contribution in [0.5, 0.6) is 0 Å². The van der Waals surface area contributed by atoms with Crippen molar-refractivity contribution in [2.45, 2.75) is 43.9 Å². The fourth-order valence-corrected chi connectivity index (χ4v) is 1.60. The van der Waals surface area contributed by atoms with Crippen LogP contribution in [0.4, 0.5) is 0 Å². The third-order valence-corrected chi connectivity index (χ3v) is 3.78. The lowest BCUT2D eigenvalue weighted by atomic mass is 9.85. The maximum absolute atomic E-state index is 11.4. The summed E-state index contributed by atoms with van der Waals surface area (Å²) in [4.78, 5) is 11.9. The van der Waals surface area contributed by atoms with Crippen LogP contribution in [-0.4, -0.2) is 17.3 Å². The fourth-order valence-electron chi connectivity index (χ4n) is 1.37. The molecule has 0 saturated heterocycles. The number of carbonyl (C=O) groups is 1. The number of halogens is 1. The Labute approximate surface area is 88.6 Å². The number of nitrogens with one attached hydrogen (secondary N) is 1. The quantitative estimate of drug-likeness (QED) is 0.744. The molecule has 1 rings (SSSR count). The molecule has 0 aliphatic heterocycles. The van der Waals surface area contributed by atoms with Crippen LogP contribution >= 0.6 is 15.9 Å². The van der Waals surface area contributed by atoms with Crippen molar-refractivity contribution in [2.24, 2.45) is 5.92 Å². The van der Waals surface area contributed by atoms with Crippen LogP contribution in [0.1, 0.15) is 39.0 Å². The summed E-state index contributed by atoms with van der Waals surface area (Å²) in [7, 11) is 0. The van der Waals surface area contributed by atoms with E-state index in [9.17, 15) is 4.79 Å². The zero-order valence-corrected chi connectivity index (χ0v) is 9.77. The number of hydrogen-bond acceptors (Lipinski definition) is 1. The van der Waals surface area contributed by atoms with E-state index < -0.39 is 0 Å². The largest absolute Gasteiger partial charge is 0.356 e. The van der Waals surface area contributed by atoms with Gasteiger partial charge < -0.3 is 5.32 Å². The van der Waals surface area contributed by atoms with Crippen molar-refractivity contribution in [1.82, 2.24) is 5.32 Å². The molecule has 1 saturated carbocycles. The first-order chi connectivity index (χ1) is 6.24. The zero-order valence-electron chi connectivity index (χ0n) is 8.18. The van der Waals surface area contributed by atoms with Gasteiger partial charge >= 0.3 is 0 Å². The van der Waals surface area contributed by atoms with Crippen molar-refractivity contribution in [3.8, 4) is 0 Å². The van der Waals surface area contributed by atoms with E-state index in [0.717, 1.165) is 32.2 Å². The van der Waals surface area contributed by atoms with Gasteiger partial charge in [0, 0.05) is 17.3 Å². The lowest BCUT2D eigenvalue weighted by Crippen LogP contribution is -2.35. The first-order valence-corrected chi connectivity index (χ1v) is 6.07. The van der Waals surface area contributed by atoms with Crippen LogP contribution in [0.15, 0.2) is 0 Å². The summed E-state index contributed by atoms with van der Waals surface area (Å²) in [5.74, 6) is 0.595. The predicted molar refractivity (Wildman–Crippen MR) is 58.0 cm³/mol. The second-order valence-electron chi connectivity index (χ2n) is 3.71. The molecule has 0 heterocycles. The molecule has 0 spiro atoms. The van der Waals surface area contributed by atoms with Crippen LogP contribution in [-0.2, 0) is 4.79 Å². The van der Waals surface area contributed by atoms with Crippen LogP contribution in [0, 0.1) is 5.92 Å². The minimum absolute atomic E-state index is 0.266. The predicted octanol–water partition coefficient (Wildman–Crippen LogP) is 2.47. The summed E-state index contributed by atoms with van der Waals surface area (Å²) >= 11 is 3.54. The number of rotatable bonds is 5. The van der Waals surface area contributed by atoms with Gasteiger partial charge in [0.1, 0.15) is 0 Å². The van der Waals surface area contributed by atoms with E-state index in [0.29, 0.717) is 10.7 Å². The van der Waals surface area contributed by atoms with E-state index in [2.05, 4.69) is 28.2 Å². The van der Waals surface area contributed by atoms with Crippen molar-refractivity contribution in [1.29, 1.82) is 0 Å².